The molecule has 0 saturated heterocycles. The second-order valence-corrected chi connectivity index (χ2v) is 4.36. The molecule has 2 aromatic carbocycles. The zero-order chi connectivity index (χ0) is 13.1. The number of alkyl halides is 2. The Morgan fingerprint density at radius 1 is 0.778 bits per heavy atom. The van der Waals surface area contributed by atoms with Crippen LogP contribution in [-0.4, -0.2) is 5.11 Å². The highest BCUT2D eigenvalue weighted by atomic mass is 35.5. The first-order chi connectivity index (χ1) is 8.58. The lowest BCUT2D eigenvalue weighted by atomic mass is 10.0. The molecule has 0 heterocycles. The summed E-state index contributed by atoms with van der Waals surface area (Å²) in [5.74, 6) is 0. The molecule has 0 fully saturated rings. The van der Waals surface area contributed by atoms with E-state index in [4.69, 9.17) is 11.6 Å². The van der Waals surface area contributed by atoms with Gasteiger partial charge in [0, 0.05) is 10.6 Å². The molecule has 1 nitrogen and oxygen atoms in total. The first kappa shape index (κ1) is 13.0. The van der Waals surface area contributed by atoms with Crippen LogP contribution in [0.4, 0.5) is 8.78 Å². The van der Waals surface area contributed by atoms with E-state index in [1.165, 1.54) is 24.3 Å². The minimum Gasteiger partial charge on any atom is -0.384 e. The molecule has 0 spiro atoms. The van der Waals surface area contributed by atoms with E-state index >= 15 is 0 Å². The highest BCUT2D eigenvalue weighted by Crippen LogP contribution is 2.25. The Morgan fingerprint density at radius 3 is 1.61 bits per heavy atom. The van der Waals surface area contributed by atoms with Crippen LogP contribution in [-0.2, 0) is 0 Å². The van der Waals surface area contributed by atoms with Gasteiger partial charge in [0.2, 0.25) is 0 Å². The molecule has 94 valence electrons. The van der Waals surface area contributed by atoms with E-state index < -0.39 is 12.5 Å². The number of aliphatic hydroxyl groups excluding tert-OH is 1. The molecule has 0 radical (unpaired) electrons. The molecular weight excluding hydrogens is 258 g/mol. The zero-order valence-corrected chi connectivity index (χ0v) is 10.1. The molecule has 18 heavy (non-hydrogen) atoms. The maximum absolute atomic E-state index is 12.4. The van der Waals surface area contributed by atoms with Crippen molar-refractivity contribution in [1.82, 2.24) is 0 Å². The average Bonchev–Trinajstić information content (AvgIpc) is 2.39. The van der Waals surface area contributed by atoms with E-state index in [2.05, 4.69) is 0 Å². The lowest BCUT2D eigenvalue weighted by Gasteiger charge is -2.12. The second-order valence-electron chi connectivity index (χ2n) is 3.92. The highest BCUT2D eigenvalue weighted by molar-refractivity contribution is 6.30. The van der Waals surface area contributed by atoms with Crippen molar-refractivity contribution < 1.29 is 13.9 Å². The first-order valence-electron chi connectivity index (χ1n) is 5.39. The summed E-state index contributed by atoms with van der Waals surface area (Å²) in [4.78, 5) is 0. The third kappa shape index (κ3) is 2.86. The van der Waals surface area contributed by atoms with Crippen molar-refractivity contribution in [3.63, 3.8) is 0 Å². The fourth-order valence-corrected chi connectivity index (χ4v) is 1.79. The lowest BCUT2D eigenvalue weighted by Crippen LogP contribution is -1.99. The summed E-state index contributed by atoms with van der Waals surface area (Å²) in [5.41, 5.74) is 1.19. The van der Waals surface area contributed by atoms with Gasteiger partial charge in [0.15, 0.2) is 0 Å². The van der Waals surface area contributed by atoms with E-state index in [-0.39, 0.29) is 5.56 Å². The Hall–Kier alpha value is -1.45. The molecule has 4 heteroatoms. The van der Waals surface area contributed by atoms with Crippen LogP contribution in [0.5, 0.6) is 0 Å². The predicted octanol–water partition coefficient (Wildman–Crippen LogP) is 4.36. The van der Waals surface area contributed by atoms with Crippen molar-refractivity contribution in [3.8, 4) is 0 Å². The van der Waals surface area contributed by atoms with E-state index in [1.807, 2.05) is 0 Å². The van der Waals surface area contributed by atoms with Gasteiger partial charge in [0.05, 0.1) is 0 Å². The minimum absolute atomic E-state index is 0.0537. The molecule has 0 amide bonds. The van der Waals surface area contributed by atoms with Crippen molar-refractivity contribution in [2.45, 2.75) is 12.5 Å². The Kier molecular flexibility index (Phi) is 3.94. The third-order valence-electron chi connectivity index (χ3n) is 2.69. The molecule has 1 unspecified atom stereocenters. The summed E-state index contributed by atoms with van der Waals surface area (Å²) in [6.07, 6.45) is -3.33. The second kappa shape index (κ2) is 5.46. The van der Waals surface area contributed by atoms with Crippen LogP contribution < -0.4 is 0 Å². The number of aliphatic hydroxyl groups is 1. The quantitative estimate of drug-likeness (QED) is 0.877. The van der Waals surface area contributed by atoms with Crippen LogP contribution in [0.1, 0.15) is 29.2 Å². The van der Waals surface area contributed by atoms with E-state index in [0.29, 0.717) is 16.1 Å². The molecule has 0 saturated carbocycles. The molecule has 1 N–H and O–H groups in total. The lowest BCUT2D eigenvalue weighted by molar-refractivity contribution is 0.151. The van der Waals surface area contributed by atoms with Crippen molar-refractivity contribution in [1.29, 1.82) is 0 Å². The van der Waals surface area contributed by atoms with Crippen molar-refractivity contribution in [2.24, 2.45) is 0 Å². The van der Waals surface area contributed by atoms with E-state index in [1.54, 1.807) is 24.3 Å². The smallest absolute Gasteiger partial charge is 0.263 e. The maximum atomic E-state index is 12.4. The largest absolute Gasteiger partial charge is 0.384 e. The van der Waals surface area contributed by atoms with Crippen LogP contribution in [0, 0.1) is 0 Å². The van der Waals surface area contributed by atoms with Gasteiger partial charge < -0.3 is 5.11 Å². The Bertz CT molecular complexity index is 508. The summed E-state index contributed by atoms with van der Waals surface area (Å²) in [7, 11) is 0. The van der Waals surface area contributed by atoms with Crippen molar-refractivity contribution >= 4 is 11.6 Å². The summed E-state index contributed by atoms with van der Waals surface area (Å²) < 4.78 is 24.8. The van der Waals surface area contributed by atoms with Crippen LogP contribution in [0.2, 0.25) is 5.02 Å². The predicted molar refractivity (Wildman–Crippen MR) is 66.9 cm³/mol. The fourth-order valence-electron chi connectivity index (χ4n) is 1.66. The summed E-state index contributed by atoms with van der Waals surface area (Å²) in [5, 5.41) is 10.7. The van der Waals surface area contributed by atoms with Crippen LogP contribution in [0.15, 0.2) is 48.5 Å². The molecule has 0 aromatic heterocycles. The Balaban J connectivity index is 2.23. The topological polar surface area (TPSA) is 20.2 Å². The monoisotopic (exact) mass is 268 g/mol. The molecule has 0 aliphatic carbocycles. The van der Waals surface area contributed by atoms with Gasteiger partial charge in [-0.3, -0.25) is 0 Å². The molecule has 0 aliphatic heterocycles. The van der Waals surface area contributed by atoms with Crippen molar-refractivity contribution in [2.75, 3.05) is 0 Å². The number of benzene rings is 2. The van der Waals surface area contributed by atoms with Gasteiger partial charge in [-0.15, -0.1) is 0 Å². The number of hydrogen-bond acceptors (Lipinski definition) is 1. The summed E-state index contributed by atoms with van der Waals surface area (Å²) >= 11 is 5.75. The standard InChI is InChI=1S/C14H11ClF2O/c15-12-7-5-10(6-8-12)13(18)9-1-3-11(4-2-9)14(16)17/h1-8,13-14,18H. The van der Waals surface area contributed by atoms with Gasteiger partial charge in [-0.1, -0.05) is 48.0 Å². The number of rotatable bonds is 3. The Morgan fingerprint density at radius 2 is 1.17 bits per heavy atom. The summed E-state index contributed by atoms with van der Waals surface area (Å²) in [6, 6.07) is 12.4. The van der Waals surface area contributed by atoms with E-state index in [0.717, 1.165) is 0 Å². The molecular formula is C14H11ClF2O. The van der Waals surface area contributed by atoms with Gasteiger partial charge in [0.1, 0.15) is 6.10 Å². The van der Waals surface area contributed by atoms with Gasteiger partial charge in [-0.2, -0.15) is 0 Å². The third-order valence-corrected chi connectivity index (χ3v) is 2.94. The molecule has 2 rings (SSSR count). The number of halogens is 3. The summed E-state index contributed by atoms with van der Waals surface area (Å²) in [6.45, 7) is 0. The van der Waals surface area contributed by atoms with Gasteiger partial charge >= 0.3 is 0 Å². The molecule has 1 atom stereocenters. The Labute approximate surface area is 109 Å². The minimum atomic E-state index is -2.49. The number of hydrogen-bond donors (Lipinski definition) is 1. The fraction of sp³-hybridized carbons (Fsp3) is 0.143. The molecule has 2 aromatic rings. The van der Waals surface area contributed by atoms with Gasteiger partial charge in [0.25, 0.3) is 6.43 Å². The maximum Gasteiger partial charge on any atom is 0.263 e. The molecule has 0 aliphatic rings. The van der Waals surface area contributed by atoms with Crippen molar-refractivity contribution in [3.05, 3.63) is 70.2 Å². The first-order valence-corrected chi connectivity index (χ1v) is 5.77. The van der Waals surface area contributed by atoms with E-state index in [9.17, 15) is 13.9 Å². The zero-order valence-electron chi connectivity index (χ0n) is 9.35. The van der Waals surface area contributed by atoms with Crippen LogP contribution >= 0.6 is 11.6 Å². The van der Waals surface area contributed by atoms with Crippen LogP contribution in [0.25, 0.3) is 0 Å². The van der Waals surface area contributed by atoms with Gasteiger partial charge in [-0.05, 0) is 23.3 Å². The van der Waals surface area contributed by atoms with Crippen LogP contribution in [0.3, 0.4) is 0 Å². The molecule has 0 bridgehead atoms. The van der Waals surface area contributed by atoms with Gasteiger partial charge in [-0.25, -0.2) is 8.78 Å². The average molecular weight is 269 g/mol. The highest BCUT2D eigenvalue weighted by Gasteiger charge is 2.12. The normalized spacial score (nSPS) is 12.7. The SMILES string of the molecule is OC(c1ccc(Cl)cc1)c1ccc(C(F)F)cc1.